The number of amides is 1. The first kappa shape index (κ1) is 25.4. The molecule has 0 spiro atoms. The third-order valence-corrected chi connectivity index (χ3v) is 7.39. The van der Waals surface area contributed by atoms with Crippen LogP contribution in [0.5, 0.6) is 11.5 Å². The van der Waals surface area contributed by atoms with Crippen molar-refractivity contribution in [1.29, 1.82) is 0 Å². The van der Waals surface area contributed by atoms with Crippen LogP contribution >= 0.6 is 11.6 Å². The van der Waals surface area contributed by atoms with Crippen LogP contribution in [0.15, 0.2) is 77.7 Å². The van der Waals surface area contributed by atoms with Crippen LogP contribution < -0.4 is 19.1 Å². The highest BCUT2D eigenvalue weighted by Gasteiger charge is 2.29. The SMILES string of the molecule is CCC(NC(=O)CN(c1ccccc1Cl)S(=O)(=O)c1ccccc1)c1ccc(OC)c(OC)c1. The quantitative estimate of drug-likeness (QED) is 0.429. The van der Waals surface area contributed by atoms with Gasteiger partial charge in [-0.2, -0.15) is 0 Å². The van der Waals surface area contributed by atoms with Gasteiger partial charge in [0.15, 0.2) is 11.5 Å². The highest BCUT2D eigenvalue weighted by atomic mass is 35.5. The van der Waals surface area contributed by atoms with Gasteiger partial charge in [0, 0.05) is 0 Å². The number of hydrogen-bond donors (Lipinski definition) is 1. The van der Waals surface area contributed by atoms with Crippen LogP contribution in [0, 0.1) is 0 Å². The lowest BCUT2D eigenvalue weighted by atomic mass is 10.0. The molecule has 3 aromatic carbocycles. The molecule has 1 atom stereocenters. The van der Waals surface area contributed by atoms with Crippen LogP contribution in [0.3, 0.4) is 0 Å². The summed E-state index contributed by atoms with van der Waals surface area (Å²) in [4.78, 5) is 13.2. The Labute approximate surface area is 205 Å². The van der Waals surface area contributed by atoms with Gasteiger partial charge in [0.2, 0.25) is 5.91 Å². The Balaban J connectivity index is 1.91. The number of anilines is 1. The van der Waals surface area contributed by atoms with E-state index in [4.69, 9.17) is 21.1 Å². The van der Waals surface area contributed by atoms with Gasteiger partial charge in [0.25, 0.3) is 10.0 Å². The monoisotopic (exact) mass is 502 g/mol. The van der Waals surface area contributed by atoms with Gasteiger partial charge in [-0.05, 0) is 48.4 Å². The highest BCUT2D eigenvalue weighted by Crippen LogP contribution is 2.32. The van der Waals surface area contributed by atoms with Gasteiger partial charge in [-0.25, -0.2) is 8.42 Å². The molecule has 0 saturated carbocycles. The number of nitrogens with one attached hydrogen (secondary N) is 1. The van der Waals surface area contributed by atoms with Crippen molar-refractivity contribution < 1.29 is 22.7 Å². The Bertz CT molecular complexity index is 1240. The molecule has 0 heterocycles. The summed E-state index contributed by atoms with van der Waals surface area (Å²) in [5, 5.41) is 3.15. The van der Waals surface area contributed by atoms with Crippen molar-refractivity contribution in [2.45, 2.75) is 24.3 Å². The number of hydrogen-bond acceptors (Lipinski definition) is 5. The molecule has 9 heteroatoms. The minimum atomic E-state index is -4.05. The zero-order chi connectivity index (χ0) is 24.7. The molecule has 0 aliphatic heterocycles. The smallest absolute Gasteiger partial charge is 0.264 e. The average molecular weight is 503 g/mol. The third-order valence-electron chi connectivity index (χ3n) is 5.29. The molecule has 3 rings (SSSR count). The van der Waals surface area contributed by atoms with Gasteiger partial charge in [-0.1, -0.05) is 54.9 Å². The second-order valence-corrected chi connectivity index (χ2v) is 9.69. The predicted molar refractivity (Wildman–Crippen MR) is 133 cm³/mol. The molecular weight excluding hydrogens is 476 g/mol. The molecule has 180 valence electrons. The van der Waals surface area contributed by atoms with E-state index >= 15 is 0 Å². The van der Waals surface area contributed by atoms with Crippen LogP contribution in [0.25, 0.3) is 0 Å². The molecule has 7 nitrogen and oxygen atoms in total. The number of rotatable bonds is 10. The third kappa shape index (κ3) is 5.63. The fourth-order valence-corrected chi connectivity index (χ4v) is 5.28. The summed E-state index contributed by atoms with van der Waals surface area (Å²) >= 11 is 6.32. The van der Waals surface area contributed by atoms with Crippen molar-refractivity contribution in [3.63, 3.8) is 0 Å². The summed E-state index contributed by atoms with van der Waals surface area (Å²) in [6, 6.07) is 19.5. The lowest BCUT2D eigenvalue weighted by Gasteiger charge is -2.26. The summed E-state index contributed by atoms with van der Waals surface area (Å²) in [6.45, 7) is 1.49. The Kier molecular flexibility index (Phi) is 8.41. The van der Waals surface area contributed by atoms with Crippen molar-refractivity contribution in [2.75, 3.05) is 25.1 Å². The van der Waals surface area contributed by atoms with Crippen LogP contribution in [0.1, 0.15) is 24.9 Å². The minimum Gasteiger partial charge on any atom is -0.493 e. The molecule has 1 unspecified atom stereocenters. The van der Waals surface area contributed by atoms with E-state index in [-0.39, 0.29) is 21.6 Å². The van der Waals surface area contributed by atoms with Crippen LogP contribution in [0.2, 0.25) is 5.02 Å². The predicted octanol–water partition coefficient (Wildman–Crippen LogP) is 4.82. The molecule has 0 aromatic heterocycles. The van der Waals surface area contributed by atoms with E-state index in [1.54, 1.807) is 61.7 Å². The van der Waals surface area contributed by atoms with E-state index in [0.717, 1.165) is 9.87 Å². The van der Waals surface area contributed by atoms with Crippen LogP contribution in [-0.4, -0.2) is 35.1 Å². The van der Waals surface area contributed by atoms with Crippen molar-refractivity contribution in [1.82, 2.24) is 5.32 Å². The van der Waals surface area contributed by atoms with Gasteiger partial charge >= 0.3 is 0 Å². The highest BCUT2D eigenvalue weighted by molar-refractivity contribution is 7.92. The van der Waals surface area contributed by atoms with Crippen LogP contribution in [-0.2, 0) is 14.8 Å². The molecule has 0 aliphatic carbocycles. The zero-order valence-corrected chi connectivity index (χ0v) is 20.8. The maximum absolute atomic E-state index is 13.5. The van der Waals surface area contributed by atoms with E-state index in [1.165, 1.54) is 19.2 Å². The lowest BCUT2D eigenvalue weighted by molar-refractivity contribution is -0.120. The zero-order valence-electron chi connectivity index (χ0n) is 19.2. The van der Waals surface area contributed by atoms with E-state index in [2.05, 4.69) is 5.32 Å². The lowest BCUT2D eigenvalue weighted by Crippen LogP contribution is -2.42. The largest absolute Gasteiger partial charge is 0.493 e. The first-order chi connectivity index (χ1) is 16.3. The first-order valence-corrected chi connectivity index (χ1v) is 12.5. The Hall–Kier alpha value is -3.23. The summed E-state index contributed by atoms with van der Waals surface area (Å²) in [5.74, 6) is 0.643. The number of methoxy groups -OCH3 is 2. The Morgan fingerprint density at radius 2 is 1.62 bits per heavy atom. The second kappa shape index (κ2) is 11.3. The molecule has 0 aliphatic rings. The van der Waals surface area contributed by atoms with Gasteiger partial charge in [-0.15, -0.1) is 0 Å². The molecule has 0 fully saturated rings. The van der Waals surface area contributed by atoms with E-state index in [9.17, 15) is 13.2 Å². The number of carbonyl (C=O) groups excluding carboxylic acids is 1. The molecular formula is C25H27ClN2O5S. The number of nitrogens with zero attached hydrogens (tertiary/aromatic N) is 1. The Morgan fingerprint density at radius 3 is 2.24 bits per heavy atom. The van der Waals surface area contributed by atoms with Crippen molar-refractivity contribution in [3.05, 3.63) is 83.4 Å². The number of carbonyl (C=O) groups is 1. The normalized spacial score (nSPS) is 12.0. The number of sulfonamides is 1. The number of ether oxygens (including phenoxy) is 2. The Morgan fingerprint density at radius 1 is 0.971 bits per heavy atom. The van der Waals surface area contributed by atoms with Gasteiger partial charge in [-0.3, -0.25) is 9.10 Å². The average Bonchev–Trinajstić information content (AvgIpc) is 2.86. The molecule has 0 bridgehead atoms. The van der Waals surface area contributed by atoms with Crippen LogP contribution in [0.4, 0.5) is 5.69 Å². The summed E-state index contributed by atoms with van der Waals surface area (Å²) in [7, 11) is -0.960. The summed E-state index contributed by atoms with van der Waals surface area (Å²) in [6.07, 6.45) is 0.582. The van der Waals surface area contributed by atoms with E-state index in [1.807, 2.05) is 13.0 Å². The minimum absolute atomic E-state index is 0.0645. The van der Waals surface area contributed by atoms with E-state index < -0.39 is 22.5 Å². The molecule has 0 saturated heterocycles. The fourth-order valence-electron chi connectivity index (χ4n) is 3.53. The molecule has 1 amide bonds. The molecule has 1 N–H and O–H groups in total. The molecule has 34 heavy (non-hydrogen) atoms. The first-order valence-electron chi connectivity index (χ1n) is 10.7. The molecule has 0 radical (unpaired) electrons. The number of benzene rings is 3. The standard InChI is InChI=1S/C25H27ClN2O5S/c1-4-21(18-14-15-23(32-2)24(16-18)33-3)27-25(29)17-28(22-13-9-8-12-20(22)26)34(30,31)19-10-6-5-7-11-19/h5-16,21H,4,17H2,1-3H3,(H,27,29). The topological polar surface area (TPSA) is 84.9 Å². The van der Waals surface area contributed by atoms with Crippen molar-refractivity contribution in [3.8, 4) is 11.5 Å². The summed E-state index contributed by atoms with van der Waals surface area (Å²) in [5.41, 5.74) is 1.03. The fraction of sp³-hybridized carbons (Fsp3) is 0.240. The maximum atomic E-state index is 13.5. The van der Waals surface area contributed by atoms with Crippen molar-refractivity contribution >= 4 is 33.2 Å². The van der Waals surface area contributed by atoms with Gasteiger partial charge in [0.1, 0.15) is 6.54 Å². The van der Waals surface area contributed by atoms with E-state index in [0.29, 0.717) is 17.9 Å². The number of halogens is 1. The van der Waals surface area contributed by atoms with Crippen molar-refractivity contribution in [2.24, 2.45) is 0 Å². The van der Waals surface area contributed by atoms with Gasteiger partial charge < -0.3 is 14.8 Å². The summed E-state index contributed by atoms with van der Waals surface area (Å²) < 4.78 is 38.6. The van der Waals surface area contributed by atoms with Gasteiger partial charge in [0.05, 0.1) is 35.9 Å². The maximum Gasteiger partial charge on any atom is 0.264 e. The number of para-hydroxylation sites is 1. The molecule has 3 aromatic rings. The second-order valence-electron chi connectivity index (χ2n) is 7.42.